The monoisotopic (exact) mass is 488 g/mol. The third-order valence-electron chi connectivity index (χ3n) is 4.80. The largest absolute Gasteiger partial charge is 0.416 e. The van der Waals surface area contributed by atoms with Crippen molar-refractivity contribution in [3.8, 4) is 0 Å². The van der Waals surface area contributed by atoms with Gasteiger partial charge in [-0.25, -0.2) is 17.2 Å². The summed E-state index contributed by atoms with van der Waals surface area (Å²) in [6.45, 7) is 0. The number of rotatable bonds is 7. The van der Waals surface area contributed by atoms with E-state index < -0.39 is 49.7 Å². The Morgan fingerprint density at radius 3 is 1.91 bits per heavy atom. The molecule has 32 heavy (non-hydrogen) atoms. The molecule has 169 valence electrons. The highest BCUT2D eigenvalue weighted by molar-refractivity contribution is 7.89. The number of nitrogens with one attached hydrogen (secondary N) is 1. The standard InChI is InChI=1S/C22H16ClF5NO2S/c23-14-21(13-15-5-2-1-3-6-15,16-9-11-17(12-10-16)22(26,27)28)29-32(30,31)20-18(24)7-4-8-19(20)25/h2-12,29H,13-14H2. The second-order valence-electron chi connectivity index (χ2n) is 7.03. The van der Waals surface area contributed by atoms with Crippen LogP contribution in [0.1, 0.15) is 16.7 Å². The molecule has 0 spiro atoms. The van der Waals surface area contributed by atoms with E-state index in [0.29, 0.717) is 5.56 Å². The van der Waals surface area contributed by atoms with E-state index >= 15 is 0 Å². The molecule has 1 atom stereocenters. The van der Waals surface area contributed by atoms with Crippen LogP contribution in [-0.2, 0) is 28.2 Å². The van der Waals surface area contributed by atoms with Gasteiger partial charge >= 0.3 is 6.18 Å². The van der Waals surface area contributed by atoms with Gasteiger partial charge in [0.1, 0.15) is 11.6 Å². The van der Waals surface area contributed by atoms with Gasteiger partial charge in [0.2, 0.25) is 10.0 Å². The van der Waals surface area contributed by atoms with E-state index in [4.69, 9.17) is 11.6 Å². The maximum atomic E-state index is 14.2. The maximum absolute atomic E-state index is 14.2. The third kappa shape index (κ3) is 5.11. The molecule has 0 aliphatic rings. The fourth-order valence-electron chi connectivity index (χ4n) is 3.26. The van der Waals surface area contributed by atoms with Crippen molar-refractivity contribution >= 4 is 21.6 Å². The highest BCUT2D eigenvalue weighted by atomic mass is 35.5. The first kappa shape index (κ1) is 24.2. The Bertz CT molecular complexity index is 1160. The fraction of sp³-hybridized carbons (Fsp3) is 0.182. The molecule has 1 unspecified atom stereocenters. The fourth-order valence-corrected chi connectivity index (χ4v) is 5.19. The Morgan fingerprint density at radius 2 is 1.41 bits per heavy atom. The van der Waals surface area contributed by atoms with E-state index in [1.54, 1.807) is 24.3 Å². The first-order chi connectivity index (χ1) is 15.0. The Balaban J connectivity index is 2.14. The van der Waals surface area contributed by atoms with E-state index in [-0.39, 0.29) is 12.0 Å². The van der Waals surface area contributed by atoms with Gasteiger partial charge in [-0.2, -0.15) is 17.9 Å². The van der Waals surface area contributed by atoms with E-state index in [1.807, 2.05) is 0 Å². The predicted octanol–water partition coefficient (Wildman–Crippen LogP) is 5.44. The Morgan fingerprint density at radius 1 is 0.875 bits per heavy atom. The van der Waals surface area contributed by atoms with Crippen molar-refractivity contribution < 1.29 is 30.4 Å². The Labute approximate surface area is 186 Å². The van der Waals surface area contributed by atoms with Crippen molar-refractivity contribution in [2.24, 2.45) is 0 Å². The lowest BCUT2D eigenvalue weighted by Crippen LogP contribution is -2.49. The molecule has 0 bridgehead atoms. The summed E-state index contributed by atoms with van der Waals surface area (Å²) >= 11 is 6.17. The lowest BCUT2D eigenvalue weighted by molar-refractivity contribution is -0.137. The van der Waals surface area contributed by atoms with E-state index in [9.17, 15) is 30.4 Å². The molecule has 0 aliphatic heterocycles. The van der Waals surface area contributed by atoms with Crippen LogP contribution in [0, 0.1) is 17.7 Å². The van der Waals surface area contributed by atoms with Gasteiger partial charge in [0.05, 0.1) is 11.1 Å². The van der Waals surface area contributed by atoms with Crippen LogP contribution in [0.25, 0.3) is 0 Å². The minimum absolute atomic E-state index is 0.0913. The lowest BCUT2D eigenvalue weighted by Gasteiger charge is -2.34. The SMILES string of the molecule is O=S(=O)(NC(CCl)(Cc1cc[c]cc1)c1ccc(C(F)(F)F)cc1)c1c(F)cccc1F. The first-order valence-corrected chi connectivity index (χ1v) is 11.2. The van der Waals surface area contributed by atoms with Crippen molar-refractivity contribution in [3.05, 3.63) is 101 Å². The first-order valence-electron chi connectivity index (χ1n) is 9.15. The van der Waals surface area contributed by atoms with Crippen molar-refractivity contribution in [3.63, 3.8) is 0 Å². The van der Waals surface area contributed by atoms with Gasteiger partial charge in [-0.15, -0.1) is 11.6 Å². The molecule has 3 rings (SSSR count). The molecule has 3 aromatic rings. The van der Waals surface area contributed by atoms with Crippen LogP contribution >= 0.6 is 11.6 Å². The topological polar surface area (TPSA) is 46.2 Å². The van der Waals surface area contributed by atoms with Crippen LogP contribution in [0.3, 0.4) is 0 Å². The van der Waals surface area contributed by atoms with E-state index in [1.165, 1.54) is 0 Å². The van der Waals surface area contributed by atoms with Crippen molar-refractivity contribution in [1.82, 2.24) is 4.72 Å². The average Bonchev–Trinajstić information content (AvgIpc) is 2.73. The molecule has 3 nitrogen and oxygen atoms in total. The molecule has 0 aromatic heterocycles. The van der Waals surface area contributed by atoms with Crippen LogP contribution < -0.4 is 4.72 Å². The Kier molecular flexibility index (Phi) is 6.92. The number of benzene rings is 3. The zero-order chi connectivity index (χ0) is 23.6. The zero-order valence-corrected chi connectivity index (χ0v) is 17.8. The molecule has 0 saturated heterocycles. The molecule has 3 aromatic carbocycles. The Hall–Kier alpha value is -2.49. The molecule has 1 N–H and O–H groups in total. The highest BCUT2D eigenvalue weighted by Gasteiger charge is 2.39. The molecule has 1 radical (unpaired) electrons. The summed E-state index contributed by atoms with van der Waals surface area (Å²) in [7, 11) is -4.81. The quantitative estimate of drug-likeness (QED) is 0.355. The molecule has 0 aliphatic carbocycles. The van der Waals surface area contributed by atoms with Crippen molar-refractivity contribution in [1.29, 1.82) is 0 Å². The summed E-state index contributed by atoms with van der Waals surface area (Å²) in [5.74, 6) is -3.07. The summed E-state index contributed by atoms with van der Waals surface area (Å²) in [6, 6.07) is 15.5. The van der Waals surface area contributed by atoms with E-state index in [0.717, 1.165) is 42.5 Å². The van der Waals surface area contributed by atoms with Crippen LogP contribution in [0.2, 0.25) is 0 Å². The van der Waals surface area contributed by atoms with Gasteiger partial charge in [0.15, 0.2) is 4.90 Å². The van der Waals surface area contributed by atoms with Gasteiger partial charge in [-0.05, 0) is 47.9 Å². The van der Waals surface area contributed by atoms with Crippen molar-refractivity contribution in [2.45, 2.75) is 23.0 Å². The number of sulfonamides is 1. The van der Waals surface area contributed by atoms with Crippen LogP contribution in [0.15, 0.2) is 71.6 Å². The number of alkyl halides is 4. The summed E-state index contributed by atoms with van der Waals surface area (Å²) < 4.78 is 95.7. The van der Waals surface area contributed by atoms with Gasteiger partial charge in [0, 0.05) is 5.88 Å². The average molecular weight is 489 g/mol. The summed E-state index contributed by atoms with van der Waals surface area (Å²) in [5, 5.41) is 0. The highest BCUT2D eigenvalue weighted by Crippen LogP contribution is 2.34. The minimum atomic E-state index is -4.81. The van der Waals surface area contributed by atoms with Crippen molar-refractivity contribution in [2.75, 3.05) is 5.88 Å². The van der Waals surface area contributed by atoms with Crippen LogP contribution in [-0.4, -0.2) is 14.3 Å². The lowest BCUT2D eigenvalue weighted by atomic mass is 9.86. The molecule has 0 fully saturated rings. The third-order valence-corrected chi connectivity index (χ3v) is 6.85. The molecule has 0 amide bonds. The molecule has 0 saturated carbocycles. The van der Waals surface area contributed by atoms with Crippen LogP contribution in [0.4, 0.5) is 22.0 Å². The summed E-state index contributed by atoms with van der Waals surface area (Å²) in [6.07, 6.45) is -4.71. The van der Waals surface area contributed by atoms with Gasteiger partial charge < -0.3 is 0 Å². The number of hydrogen-bond acceptors (Lipinski definition) is 2. The number of halogens is 6. The summed E-state index contributed by atoms with van der Waals surface area (Å²) in [5.41, 5.74) is -1.99. The maximum Gasteiger partial charge on any atom is 0.416 e. The van der Waals surface area contributed by atoms with Crippen LogP contribution in [0.5, 0.6) is 0 Å². The summed E-state index contributed by atoms with van der Waals surface area (Å²) in [4.78, 5) is -1.21. The van der Waals surface area contributed by atoms with Gasteiger partial charge in [0.25, 0.3) is 0 Å². The zero-order valence-electron chi connectivity index (χ0n) is 16.3. The number of hydrogen-bond donors (Lipinski definition) is 1. The molecular weight excluding hydrogens is 473 g/mol. The van der Waals surface area contributed by atoms with E-state index in [2.05, 4.69) is 10.8 Å². The predicted molar refractivity (Wildman–Crippen MR) is 110 cm³/mol. The minimum Gasteiger partial charge on any atom is -0.207 e. The second-order valence-corrected chi connectivity index (χ2v) is 8.92. The van der Waals surface area contributed by atoms with Gasteiger partial charge in [-0.3, -0.25) is 0 Å². The smallest absolute Gasteiger partial charge is 0.207 e. The molecular formula is C22H16ClF5NO2S. The second kappa shape index (κ2) is 9.17. The molecule has 10 heteroatoms. The van der Waals surface area contributed by atoms with Gasteiger partial charge in [-0.1, -0.05) is 42.5 Å². The molecule has 0 heterocycles. The normalized spacial score (nSPS) is 14.2.